The Morgan fingerprint density at radius 2 is 1.88 bits per heavy atom. The number of imide groups is 2. The number of hydrogen-bond acceptors (Lipinski definition) is 4. The number of barbiturate groups is 1. The molecule has 1 aliphatic heterocycles. The first-order chi connectivity index (χ1) is 15.4. The minimum Gasteiger partial charge on any atom is -0.480 e. The summed E-state index contributed by atoms with van der Waals surface area (Å²) in [5, 5.41) is 4.27. The molecule has 0 spiro atoms. The van der Waals surface area contributed by atoms with Crippen LogP contribution >= 0.6 is 11.6 Å². The van der Waals surface area contributed by atoms with Gasteiger partial charge in [-0.05, 0) is 47.5 Å². The Bertz CT molecular complexity index is 1350. The van der Waals surface area contributed by atoms with Crippen molar-refractivity contribution in [2.75, 3.05) is 11.5 Å². The lowest BCUT2D eigenvalue weighted by Crippen LogP contribution is -2.54. The van der Waals surface area contributed by atoms with Gasteiger partial charge in [0.2, 0.25) is 0 Å². The lowest BCUT2D eigenvalue weighted by atomic mass is 9.99. The number of rotatable bonds is 4. The van der Waals surface area contributed by atoms with E-state index in [0.29, 0.717) is 27.6 Å². The highest BCUT2D eigenvalue weighted by molar-refractivity contribution is 6.40. The van der Waals surface area contributed by atoms with Crippen LogP contribution in [0.1, 0.15) is 11.1 Å². The molecule has 0 aliphatic carbocycles. The van der Waals surface area contributed by atoms with Crippen LogP contribution in [-0.4, -0.2) is 24.5 Å². The Hall–Kier alpha value is -4.08. The van der Waals surface area contributed by atoms with Crippen LogP contribution in [0.3, 0.4) is 0 Å². The molecule has 6 nitrogen and oxygen atoms in total. The molecule has 1 fully saturated rings. The number of carbonyl (C=O) groups is 3. The first-order valence-electron chi connectivity index (χ1n) is 9.67. The molecule has 4 amide bonds. The van der Waals surface area contributed by atoms with Crippen molar-refractivity contribution in [3.8, 4) is 18.1 Å². The smallest absolute Gasteiger partial charge is 0.335 e. The quantitative estimate of drug-likeness (QED) is 0.365. The molecule has 0 bridgehead atoms. The number of benzene rings is 3. The van der Waals surface area contributed by atoms with Crippen molar-refractivity contribution in [1.82, 2.24) is 5.32 Å². The molecule has 7 heteroatoms. The second-order valence-electron chi connectivity index (χ2n) is 7.03. The van der Waals surface area contributed by atoms with Crippen molar-refractivity contribution in [1.29, 1.82) is 0 Å². The molecule has 4 rings (SSSR count). The summed E-state index contributed by atoms with van der Waals surface area (Å²) in [5.74, 6) is 1.25. The van der Waals surface area contributed by atoms with Gasteiger partial charge in [0.15, 0.2) is 0 Å². The molecule has 32 heavy (non-hydrogen) atoms. The number of nitrogens with one attached hydrogen (secondary N) is 1. The second kappa shape index (κ2) is 8.58. The molecule has 3 aromatic rings. The molecular formula is C25H17ClN2O4. The maximum Gasteiger partial charge on any atom is 0.335 e. The first kappa shape index (κ1) is 21.2. The third-order valence-corrected chi connectivity index (χ3v) is 5.52. The van der Waals surface area contributed by atoms with Crippen LogP contribution in [0.25, 0.3) is 16.8 Å². The number of halogens is 1. The fourth-order valence-electron chi connectivity index (χ4n) is 3.53. The Morgan fingerprint density at radius 1 is 1.09 bits per heavy atom. The van der Waals surface area contributed by atoms with E-state index in [1.807, 2.05) is 30.3 Å². The third-order valence-electron chi connectivity index (χ3n) is 5.11. The Morgan fingerprint density at radius 3 is 2.66 bits per heavy atom. The molecule has 0 aromatic heterocycles. The van der Waals surface area contributed by atoms with E-state index < -0.39 is 17.8 Å². The van der Waals surface area contributed by atoms with Crippen molar-refractivity contribution in [3.63, 3.8) is 0 Å². The average Bonchev–Trinajstić information content (AvgIpc) is 2.78. The number of nitrogens with zero attached hydrogens (tertiary/aromatic N) is 1. The summed E-state index contributed by atoms with van der Waals surface area (Å²) in [4.78, 5) is 39.5. The van der Waals surface area contributed by atoms with Crippen LogP contribution in [0.15, 0.2) is 60.2 Å². The summed E-state index contributed by atoms with van der Waals surface area (Å²) in [7, 11) is 0. The fourth-order valence-corrected chi connectivity index (χ4v) is 3.70. The van der Waals surface area contributed by atoms with Crippen molar-refractivity contribution >= 4 is 52.0 Å². The number of terminal acetylenes is 1. The molecule has 1 N–H and O–H groups in total. The van der Waals surface area contributed by atoms with Gasteiger partial charge in [-0.2, -0.15) is 0 Å². The van der Waals surface area contributed by atoms with Crippen LogP contribution in [0, 0.1) is 19.3 Å². The molecule has 1 saturated heterocycles. The van der Waals surface area contributed by atoms with Gasteiger partial charge in [-0.3, -0.25) is 14.9 Å². The Balaban J connectivity index is 1.88. The second-order valence-corrected chi connectivity index (χ2v) is 7.44. The normalized spacial score (nSPS) is 15.1. The summed E-state index contributed by atoms with van der Waals surface area (Å²) in [6, 6.07) is 15.1. The van der Waals surface area contributed by atoms with Crippen LogP contribution in [0.4, 0.5) is 10.5 Å². The monoisotopic (exact) mass is 444 g/mol. The van der Waals surface area contributed by atoms with Gasteiger partial charge in [0.05, 0.1) is 5.69 Å². The van der Waals surface area contributed by atoms with E-state index in [2.05, 4.69) is 11.2 Å². The van der Waals surface area contributed by atoms with Crippen molar-refractivity contribution < 1.29 is 19.1 Å². The summed E-state index contributed by atoms with van der Waals surface area (Å²) in [5.41, 5.74) is 1.12. The highest BCUT2D eigenvalue weighted by Crippen LogP contribution is 2.33. The van der Waals surface area contributed by atoms with Crippen LogP contribution in [0.2, 0.25) is 5.02 Å². The highest BCUT2D eigenvalue weighted by atomic mass is 35.5. The SMILES string of the molecule is C#CCOc1ccc2ccccc2c1/C=C1\C(=O)NC(=O)N(c2cccc(Cl)c2C)C1=O. The van der Waals surface area contributed by atoms with Gasteiger partial charge in [-0.15, -0.1) is 6.42 Å². The summed E-state index contributed by atoms with van der Waals surface area (Å²) < 4.78 is 5.65. The minimum absolute atomic E-state index is 0.0149. The Labute approximate surface area is 189 Å². The summed E-state index contributed by atoms with van der Waals surface area (Å²) >= 11 is 6.17. The van der Waals surface area contributed by atoms with Crippen molar-refractivity contribution in [2.45, 2.75) is 6.92 Å². The standard InChI is InChI=1S/C25H17ClN2O4/c1-3-13-32-22-12-11-16-7-4-5-8-17(16)18(22)14-19-23(29)27-25(31)28(24(19)30)21-10-6-9-20(26)15(21)2/h1,4-12,14H,13H2,2H3,(H,27,29,31)/b19-14+. The zero-order chi connectivity index (χ0) is 22.8. The van der Waals surface area contributed by atoms with Gasteiger partial charge in [0.1, 0.15) is 17.9 Å². The third kappa shape index (κ3) is 3.70. The zero-order valence-electron chi connectivity index (χ0n) is 17.0. The summed E-state index contributed by atoms with van der Waals surface area (Å²) in [6.45, 7) is 1.70. The lowest BCUT2D eigenvalue weighted by Gasteiger charge is -2.28. The number of anilines is 1. The number of hydrogen-bond donors (Lipinski definition) is 1. The van der Waals surface area contributed by atoms with Crippen LogP contribution in [0.5, 0.6) is 5.75 Å². The minimum atomic E-state index is -0.843. The number of fused-ring (bicyclic) bond motifs is 1. The first-order valence-corrected chi connectivity index (χ1v) is 10.0. The van der Waals surface area contributed by atoms with Gasteiger partial charge >= 0.3 is 6.03 Å². The van der Waals surface area contributed by atoms with Gasteiger partial charge in [-0.25, -0.2) is 9.69 Å². The average molecular weight is 445 g/mol. The predicted molar refractivity (Wildman–Crippen MR) is 123 cm³/mol. The van der Waals surface area contributed by atoms with E-state index in [4.69, 9.17) is 22.8 Å². The molecule has 0 unspecified atom stereocenters. The van der Waals surface area contributed by atoms with E-state index in [9.17, 15) is 14.4 Å². The molecule has 0 saturated carbocycles. The summed E-state index contributed by atoms with van der Waals surface area (Å²) in [6.07, 6.45) is 6.75. The van der Waals surface area contributed by atoms with Gasteiger partial charge in [0.25, 0.3) is 11.8 Å². The van der Waals surface area contributed by atoms with Crippen molar-refractivity contribution in [3.05, 3.63) is 76.3 Å². The van der Waals surface area contributed by atoms with E-state index in [1.165, 1.54) is 6.08 Å². The maximum absolute atomic E-state index is 13.3. The topological polar surface area (TPSA) is 75.7 Å². The molecule has 0 atom stereocenters. The van der Waals surface area contributed by atoms with Gasteiger partial charge in [-0.1, -0.05) is 53.9 Å². The molecule has 0 radical (unpaired) electrons. The zero-order valence-corrected chi connectivity index (χ0v) is 17.8. The highest BCUT2D eigenvalue weighted by Gasteiger charge is 2.38. The van der Waals surface area contributed by atoms with E-state index in [-0.39, 0.29) is 12.2 Å². The molecule has 1 aliphatic rings. The maximum atomic E-state index is 13.3. The van der Waals surface area contributed by atoms with Gasteiger partial charge < -0.3 is 4.74 Å². The molecule has 3 aromatic carbocycles. The number of amides is 4. The largest absolute Gasteiger partial charge is 0.480 e. The van der Waals surface area contributed by atoms with E-state index >= 15 is 0 Å². The lowest BCUT2D eigenvalue weighted by molar-refractivity contribution is -0.122. The Kier molecular flexibility index (Phi) is 5.67. The van der Waals surface area contributed by atoms with E-state index in [0.717, 1.165) is 15.7 Å². The molecule has 1 heterocycles. The molecule has 158 valence electrons. The predicted octanol–water partition coefficient (Wildman–Crippen LogP) is 4.48. The van der Waals surface area contributed by atoms with Crippen LogP contribution < -0.4 is 15.0 Å². The molecular weight excluding hydrogens is 428 g/mol. The van der Waals surface area contributed by atoms with Crippen molar-refractivity contribution in [2.24, 2.45) is 0 Å². The van der Waals surface area contributed by atoms with E-state index in [1.54, 1.807) is 31.2 Å². The number of carbonyl (C=O) groups excluding carboxylic acids is 3. The number of ether oxygens (including phenoxy) is 1. The number of urea groups is 1. The van der Waals surface area contributed by atoms with Gasteiger partial charge in [0, 0.05) is 10.6 Å². The van der Waals surface area contributed by atoms with Crippen LogP contribution in [-0.2, 0) is 9.59 Å². The fraction of sp³-hybridized carbons (Fsp3) is 0.0800.